The molecule has 4 rings (SSSR count). The molecule has 1 fully saturated rings. The number of hydrogen-bond acceptors (Lipinski definition) is 12. The SMILES string of the molecule is CCc1cccc(C[C@H]2[C@@H](OC(=O)/C=C/c3ccc(O)c(O)c3)[C@@](O)(OC(=O)/C=C/c3ccc(O)c(O)c3)[C@H](O)C[C@]2(O)C(=O)O)c1. The van der Waals surface area contributed by atoms with Crippen molar-refractivity contribution in [1.29, 1.82) is 0 Å². The summed E-state index contributed by atoms with van der Waals surface area (Å²) in [5.74, 6) is -10.8. The molecule has 248 valence electrons. The molecular formula is C34H34O13. The third kappa shape index (κ3) is 7.72. The first-order valence-corrected chi connectivity index (χ1v) is 14.4. The third-order valence-electron chi connectivity index (χ3n) is 7.92. The summed E-state index contributed by atoms with van der Waals surface area (Å²) in [5.41, 5.74) is -0.962. The average Bonchev–Trinajstić information content (AvgIpc) is 3.03. The van der Waals surface area contributed by atoms with Gasteiger partial charge in [-0.2, -0.15) is 0 Å². The van der Waals surface area contributed by atoms with Crippen LogP contribution in [-0.2, 0) is 36.7 Å². The predicted octanol–water partition coefficient (Wildman–Crippen LogP) is 2.38. The number of aliphatic hydroxyl groups is 3. The van der Waals surface area contributed by atoms with Gasteiger partial charge in [0.2, 0.25) is 0 Å². The molecule has 47 heavy (non-hydrogen) atoms. The molecule has 0 saturated heterocycles. The van der Waals surface area contributed by atoms with E-state index in [9.17, 15) is 55.2 Å². The molecular weight excluding hydrogens is 616 g/mol. The number of phenols is 4. The van der Waals surface area contributed by atoms with Crippen molar-refractivity contribution in [2.45, 2.75) is 49.8 Å². The molecule has 13 nitrogen and oxygen atoms in total. The van der Waals surface area contributed by atoms with E-state index in [2.05, 4.69) is 0 Å². The molecule has 0 amide bonds. The van der Waals surface area contributed by atoms with Crippen molar-refractivity contribution in [2.75, 3.05) is 0 Å². The summed E-state index contributed by atoms with van der Waals surface area (Å²) in [4.78, 5) is 38.6. The maximum Gasteiger partial charge on any atom is 0.336 e. The lowest BCUT2D eigenvalue weighted by atomic mass is 9.67. The number of benzene rings is 3. The third-order valence-corrected chi connectivity index (χ3v) is 7.92. The summed E-state index contributed by atoms with van der Waals surface area (Å²) in [7, 11) is 0. The van der Waals surface area contributed by atoms with E-state index in [4.69, 9.17) is 9.47 Å². The van der Waals surface area contributed by atoms with Gasteiger partial charge in [0, 0.05) is 24.5 Å². The minimum absolute atomic E-state index is 0.232. The van der Waals surface area contributed by atoms with Crippen molar-refractivity contribution < 1.29 is 64.7 Å². The molecule has 8 N–H and O–H groups in total. The lowest BCUT2D eigenvalue weighted by molar-refractivity contribution is -0.330. The molecule has 0 spiro atoms. The fourth-order valence-electron chi connectivity index (χ4n) is 5.34. The number of carbonyl (C=O) groups is 3. The van der Waals surface area contributed by atoms with Crippen LogP contribution in [0.15, 0.2) is 72.8 Å². The summed E-state index contributed by atoms with van der Waals surface area (Å²) in [6.45, 7) is 1.89. The van der Waals surface area contributed by atoms with Crippen LogP contribution < -0.4 is 0 Å². The number of rotatable bonds is 10. The summed E-state index contributed by atoms with van der Waals surface area (Å²) >= 11 is 0. The Bertz CT molecular complexity index is 1710. The van der Waals surface area contributed by atoms with Crippen LogP contribution in [0.2, 0.25) is 0 Å². The number of aryl methyl sites for hydroxylation is 1. The summed E-state index contributed by atoms with van der Waals surface area (Å²) in [5, 5.41) is 82.9. The van der Waals surface area contributed by atoms with Gasteiger partial charge in [-0.25, -0.2) is 14.4 Å². The summed E-state index contributed by atoms with van der Waals surface area (Å²) < 4.78 is 10.8. The number of aliphatic carboxylic acids is 1. The highest BCUT2D eigenvalue weighted by Gasteiger charge is 2.66. The Morgan fingerprint density at radius 2 is 1.36 bits per heavy atom. The van der Waals surface area contributed by atoms with E-state index in [1.54, 1.807) is 18.2 Å². The van der Waals surface area contributed by atoms with Crippen LogP contribution in [0.3, 0.4) is 0 Å². The molecule has 1 aliphatic rings. The highest BCUT2D eigenvalue weighted by atomic mass is 16.7. The maximum atomic E-state index is 13.1. The quantitative estimate of drug-likeness (QED) is 0.0683. The molecule has 0 aromatic heterocycles. The van der Waals surface area contributed by atoms with Gasteiger partial charge in [-0.3, -0.25) is 0 Å². The molecule has 0 heterocycles. The monoisotopic (exact) mass is 650 g/mol. The van der Waals surface area contributed by atoms with Gasteiger partial charge >= 0.3 is 17.9 Å². The van der Waals surface area contributed by atoms with Crippen molar-refractivity contribution in [3.63, 3.8) is 0 Å². The number of ether oxygens (including phenoxy) is 2. The maximum absolute atomic E-state index is 13.1. The predicted molar refractivity (Wildman–Crippen MR) is 165 cm³/mol. The molecule has 3 aromatic carbocycles. The van der Waals surface area contributed by atoms with Crippen molar-refractivity contribution >= 4 is 30.1 Å². The fourth-order valence-corrected chi connectivity index (χ4v) is 5.34. The summed E-state index contributed by atoms with van der Waals surface area (Å²) in [6.07, 6.45) is -1.15. The topological polar surface area (TPSA) is 232 Å². The first-order chi connectivity index (χ1) is 22.2. The van der Waals surface area contributed by atoms with Gasteiger partial charge < -0.3 is 50.3 Å². The van der Waals surface area contributed by atoms with E-state index in [1.165, 1.54) is 18.2 Å². The van der Waals surface area contributed by atoms with Crippen molar-refractivity contribution in [1.82, 2.24) is 0 Å². The van der Waals surface area contributed by atoms with E-state index < -0.39 is 76.8 Å². The molecule has 0 aliphatic heterocycles. The minimum Gasteiger partial charge on any atom is -0.504 e. The lowest BCUT2D eigenvalue weighted by Crippen LogP contribution is -2.71. The normalized spacial score (nSPS) is 24.3. The fraction of sp³-hybridized carbons (Fsp3) is 0.265. The Morgan fingerprint density at radius 3 is 1.89 bits per heavy atom. The number of phenolic OH excluding ortho intramolecular Hbond substituents is 4. The van der Waals surface area contributed by atoms with Gasteiger partial charge in [0.1, 0.15) is 6.10 Å². The van der Waals surface area contributed by atoms with E-state index in [0.29, 0.717) is 12.0 Å². The number of esters is 2. The van der Waals surface area contributed by atoms with E-state index >= 15 is 0 Å². The highest BCUT2D eigenvalue weighted by molar-refractivity contribution is 5.89. The minimum atomic E-state index is -3.08. The van der Waals surface area contributed by atoms with Crippen LogP contribution in [0.5, 0.6) is 23.0 Å². The zero-order valence-electron chi connectivity index (χ0n) is 25.1. The standard InChI is InChI=1S/C34H34O13/c1-2-19-4-3-5-22(14-19)15-23-31(46-29(40)12-8-20-6-10-24(35)26(37)16-20)34(45,28(39)18-33(23,44)32(42)43)47-30(41)13-9-21-7-11-25(36)27(38)17-21/h3-14,16-17,23,28,31,35-39,44-45H,2,15,18H2,1H3,(H,42,43)/b12-8+,13-9+/t23-,28+,31+,33+,34-/m0/s1. The van der Waals surface area contributed by atoms with Crippen LogP contribution >= 0.6 is 0 Å². The highest BCUT2D eigenvalue weighted by Crippen LogP contribution is 2.44. The second-order valence-corrected chi connectivity index (χ2v) is 11.1. The number of hydrogen-bond donors (Lipinski definition) is 8. The smallest absolute Gasteiger partial charge is 0.336 e. The van der Waals surface area contributed by atoms with E-state index in [1.807, 2.05) is 13.0 Å². The molecule has 0 unspecified atom stereocenters. The number of carboxylic acids is 1. The Hall–Kier alpha value is -5.37. The molecule has 1 aliphatic carbocycles. The Labute approximate surface area is 268 Å². The average molecular weight is 651 g/mol. The molecule has 5 atom stereocenters. The molecule has 3 aromatic rings. The second kappa shape index (κ2) is 14.0. The van der Waals surface area contributed by atoms with Gasteiger partial charge in [0.15, 0.2) is 34.7 Å². The second-order valence-electron chi connectivity index (χ2n) is 11.1. The van der Waals surface area contributed by atoms with Gasteiger partial charge in [-0.05, 0) is 71.5 Å². The largest absolute Gasteiger partial charge is 0.504 e. The van der Waals surface area contributed by atoms with Crippen LogP contribution in [0, 0.1) is 5.92 Å². The van der Waals surface area contributed by atoms with Gasteiger partial charge in [-0.1, -0.05) is 43.3 Å². The van der Waals surface area contributed by atoms with Gasteiger partial charge in [0.25, 0.3) is 5.79 Å². The zero-order chi connectivity index (χ0) is 34.5. The van der Waals surface area contributed by atoms with E-state index in [-0.39, 0.29) is 17.5 Å². The molecule has 0 bridgehead atoms. The Kier molecular flexibility index (Phi) is 10.2. The molecule has 0 radical (unpaired) electrons. The van der Waals surface area contributed by atoms with E-state index in [0.717, 1.165) is 48.1 Å². The number of aromatic hydroxyl groups is 4. The van der Waals surface area contributed by atoms with Crippen molar-refractivity contribution in [3.05, 3.63) is 95.1 Å². The first kappa shape index (κ1) is 34.5. The van der Waals surface area contributed by atoms with Crippen molar-refractivity contribution in [2.24, 2.45) is 5.92 Å². The van der Waals surface area contributed by atoms with Crippen LogP contribution in [-0.4, -0.2) is 82.4 Å². The van der Waals surface area contributed by atoms with Crippen molar-refractivity contribution in [3.8, 4) is 23.0 Å². The number of carboxylic acid groups (broad SMARTS) is 1. The van der Waals surface area contributed by atoms with Gasteiger partial charge in [0.05, 0.1) is 0 Å². The van der Waals surface area contributed by atoms with Crippen LogP contribution in [0.1, 0.15) is 35.6 Å². The van der Waals surface area contributed by atoms with Crippen LogP contribution in [0.25, 0.3) is 12.2 Å². The van der Waals surface area contributed by atoms with Crippen LogP contribution in [0.4, 0.5) is 0 Å². The Balaban J connectivity index is 1.73. The van der Waals surface area contributed by atoms with Gasteiger partial charge in [-0.15, -0.1) is 0 Å². The number of aliphatic hydroxyl groups excluding tert-OH is 1. The lowest BCUT2D eigenvalue weighted by Gasteiger charge is -2.50. The molecule has 1 saturated carbocycles. The summed E-state index contributed by atoms with van der Waals surface area (Å²) in [6, 6.07) is 14.2. The first-order valence-electron chi connectivity index (χ1n) is 14.4. The zero-order valence-corrected chi connectivity index (χ0v) is 25.1. The number of carbonyl (C=O) groups excluding carboxylic acids is 2. The Morgan fingerprint density at radius 1 is 0.809 bits per heavy atom. The molecule has 13 heteroatoms.